The number of hydrogen-bond acceptors (Lipinski definition) is 3. The van der Waals surface area contributed by atoms with Crippen LogP contribution in [0, 0.1) is 0 Å². The standard InChI is InChI=1S/C24H20Cl2N2O2/c1-24(2,3)15-6-4-14(5-7-15)22(29)27-17-9-10-19(26)18(13-17)23-28-20-12-16(25)8-11-21(20)30-23/h4-13H,1-3H3,(H,27,29). The van der Waals surface area contributed by atoms with Crippen LogP contribution in [0.25, 0.3) is 22.6 Å². The number of fused-ring (bicyclic) bond motifs is 1. The van der Waals surface area contributed by atoms with E-state index in [-0.39, 0.29) is 11.3 Å². The Balaban J connectivity index is 1.60. The van der Waals surface area contributed by atoms with Crippen LogP contribution in [-0.2, 0) is 5.41 Å². The molecule has 30 heavy (non-hydrogen) atoms. The number of anilines is 1. The van der Waals surface area contributed by atoms with Crippen LogP contribution in [0.3, 0.4) is 0 Å². The highest BCUT2D eigenvalue weighted by molar-refractivity contribution is 6.33. The molecule has 1 amide bonds. The highest BCUT2D eigenvalue weighted by Crippen LogP contribution is 2.33. The Kier molecular flexibility index (Phi) is 5.31. The molecule has 0 bridgehead atoms. The maximum Gasteiger partial charge on any atom is 0.255 e. The summed E-state index contributed by atoms with van der Waals surface area (Å²) in [6.45, 7) is 6.41. The molecular formula is C24H20Cl2N2O2. The summed E-state index contributed by atoms with van der Waals surface area (Å²) >= 11 is 12.4. The molecule has 4 aromatic rings. The fraction of sp³-hybridized carbons (Fsp3) is 0.167. The molecule has 0 fully saturated rings. The molecule has 0 unspecified atom stereocenters. The number of rotatable bonds is 3. The molecular weight excluding hydrogens is 419 g/mol. The zero-order valence-corrected chi connectivity index (χ0v) is 18.3. The second-order valence-electron chi connectivity index (χ2n) is 8.11. The van der Waals surface area contributed by atoms with E-state index < -0.39 is 0 Å². The van der Waals surface area contributed by atoms with Gasteiger partial charge in [0.15, 0.2) is 5.58 Å². The van der Waals surface area contributed by atoms with Crippen LogP contribution in [0.5, 0.6) is 0 Å². The van der Waals surface area contributed by atoms with Gasteiger partial charge in [-0.2, -0.15) is 0 Å². The van der Waals surface area contributed by atoms with Gasteiger partial charge in [0, 0.05) is 16.3 Å². The van der Waals surface area contributed by atoms with Crippen molar-refractivity contribution < 1.29 is 9.21 Å². The molecule has 1 N–H and O–H groups in total. The fourth-order valence-corrected chi connectivity index (χ4v) is 3.47. The van der Waals surface area contributed by atoms with Crippen molar-refractivity contribution in [1.29, 1.82) is 0 Å². The predicted molar refractivity (Wildman–Crippen MR) is 123 cm³/mol. The van der Waals surface area contributed by atoms with Gasteiger partial charge in [-0.1, -0.05) is 56.1 Å². The van der Waals surface area contributed by atoms with Gasteiger partial charge < -0.3 is 9.73 Å². The van der Waals surface area contributed by atoms with Gasteiger partial charge in [-0.3, -0.25) is 4.79 Å². The van der Waals surface area contributed by atoms with Crippen molar-refractivity contribution >= 4 is 45.9 Å². The Bertz CT molecular complexity index is 1240. The Morgan fingerprint density at radius 3 is 2.40 bits per heavy atom. The topological polar surface area (TPSA) is 55.1 Å². The second-order valence-corrected chi connectivity index (χ2v) is 8.95. The molecule has 0 atom stereocenters. The van der Waals surface area contributed by atoms with Gasteiger partial charge >= 0.3 is 0 Å². The van der Waals surface area contributed by atoms with Crippen LogP contribution in [0.1, 0.15) is 36.7 Å². The third-order valence-electron chi connectivity index (χ3n) is 4.82. The van der Waals surface area contributed by atoms with Crippen LogP contribution < -0.4 is 5.32 Å². The lowest BCUT2D eigenvalue weighted by molar-refractivity contribution is 0.102. The molecule has 6 heteroatoms. The van der Waals surface area contributed by atoms with Crippen molar-refractivity contribution in [2.45, 2.75) is 26.2 Å². The average Bonchev–Trinajstić information content (AvgIpc) is 3.11. The van der Waals surface area contributed by atoms with E-state index in [0.717, 1.165) is 0 Å². The number of carbonyl (C=O) groups excluding carboxylic acids is 1. The van der Waals surface area contributed by atoms with Crippen molar-refractivity contribution in [2.75, 3.05) is 5.32 Å². The molecule has 0 aliphatic heterocycles. The van der Waals surface area contributed by atoms with Crippen LogP contribution in [0.2, 0.25) is 10.0 Å². The normalized spacial score (nSPS) is 11.6. The summed E-state index contributed by atoms with van der Waals surface area (Å²) in [6, 6.07) is 18.0. The van der Waals surface area contributed by atoms with Crippen molar-refractivity contribution in [1.82, 2.24) is 4.98 Å². The van der Waals surface area contributed by atoms with Gasteiger partial charge in [0.05, 0.1) is 10.6 Å². The third-order valence-corrected chi connectivity index (χ3v) is 5.38. The van der Waals surface area contributed by atoms with E-state index in [2.05, 4.69) is 31.1 Å². The molecule has 0 saturated carbocycles. The SMILES string of the molecule is CC(C)(C)c1ccc(C(=O)Nc2ccc(Cl)c(-c3nc4cc(Cl)ccc4o3)c2)cc1. The number of carbonyl (C=O) groups is 1. The molecule has 4 rings (SSSR count). The number of benzene rings is 3. The number of nitrogens with zero attached hydrogens (tertiary/aromatic N) is 1. The summed E-state index contributed by atoms with van der Waals surface area (Å²) in [4.78, 5) is 17.2. The van der Waals surface area contributed by atoms with Gasteiger partial charge in [0.25, 0.3) is 5.91 Å². The molecule has 0 aliphatic carbocycles. The fourth-order valence-electron chi connectivity index (χ4n) is 3.11. The zero-order chi connectivity index (χ0) is 21.5. The summed E-state index contributed by atoms with van der Waals surface area (Å²) < 4.78 is 5.81. The second kappa shape index (κ2) is 7.78. The highest BCUT2D eigenvalue weighted by atomic mass is 35.5. The minimum atomic E-state index is -0.201. The minimum Gasteiger partial charge on any atom is -0.436 e. The van der Waals surface area contributed by atoms with E-state index >= 15 is 0 Å². The van der Waals surface area contributed by atoms with Crippen LogP contribution in [0.15, 0.2) is 65.1 Å². The first-order valence-corrected chi connectivity index (χ1v) is 10.2. The van der Waals surface area contributed by atoms with Gasteiger partial charge in [-0.25, -0.2) is 4.98 Å². The molecule has 4 nitrogen and oxygen atoms in total. The molecule has 0 spiro atoms. The monoisotopic (exact) mass is 438 g/mol. The van der Waals surface area contributed by atoms with E-state index in [9.17, 15) is 4.79 Å². The molecule has 0 radical (unpaired) electrons. The highest BCUT2D eigenvalue weighted by Gasteiger charge is 2.16. The Labute approximate surface area is 184 Å². The first-order valence-electron chi connectivity index (χ1n) is 9.48. The molecule has 3 aromatic carbocycles. The van der Waals surface area contributed by atoms with Gasteiger partial charge in [0.2, 0.25) is 5.89 Å². The Morgan fingerprint density at radius 2 is 1.70 bits per heavy atom. The van der Waals surface area contributed by atoms with Crippen molar-refractivity contribution in [3.05, 3.63) is 81.8 Å². The Hall–Kier alpha value is -2.82. The van der Waals surface area contributed by atoms with Gasteiger partial charge in [-0.05, 0) is 59.5 Å². The number of hydrogen-bond donors (Lipinski definition) is 1. The van der Waals surface area contributed by atoms with Crippen molar-refractivity contribution in [3.63, 3.8) is 0 Å². The summed E-state index contributed by atoms with van der Waals surface area (Å²) in [5.41, 5.74) is 4.22. The molecule has 1 aromatic heterocycles. The van der Waals surface area contributed by atoms with Crippen LogP contribution in [0.4, 0.5) is 5.69 Å². The lowest BCUT2D eigenvalue weighted by Crippen LogP contribution is -2.14. The lowest BCUT2D eigenvalue weighted by atomic mass is 9.87. The maximum absolute atomic E-state index is 12.7. The first-order chi connectivity index (χ1) is 14.2. The van der Waals surface area contributed by atoms with Crippen molar-refractivity contribution in [2.24, 2.45) is 0 Å². The number of halogens is 2. The Morgan fingerprint density at radius 1 is 0.967 bits per heavy atom. The molecule has 0 saturated heterocycles. The quantitative estimate of drug-likeness (QED) is 0.363. The molecule has 0 aliphatic rings. The zero-order valence-electron chi connectivity index (χ0n) is 16.8. The van der Waals surface area contributed by atoms with E-state index in [1.807, 2.05) is 24.3 Å². The predicted octanol–water partition coefficient (Wildman–Crippen LogP) is 7.35. The van der Waals surface area contributed by atoms with E-state index in [1.54, 1.807) is 36.4 Å². The maximum atomic E-state index is 12.7. The van der Waals surface area contributed by atoms with E-state index in [0.29, 0.717) is 43.9 Å². The van der Waals surface area contributed by atoms with Gasteiger partial charge in [0.1, 0.15) is 5.52 Å². The van der Waals surface area contributed by atoms with E-state index in [1.165, 1.54) is 5.56 Å². The molecule has 1 heterocycles. The van der Waals surface area contributed by atoms with E-state index in [4.69, 9.17) is 27.6 Å². The summed E-state index contributed by atoms with van der Waals surface area (Å²) in [6.07, 6.45) is 0. The largest absolute Gasteiger partial charge is 0.436 e. The number of nitrogens with one attached hydrogen (secondary N) is 1. The minimum absolute atomic E-state index is 0.0316. The summed E-state index contributed by atoms with van der Waals surface area (Å²) in [5.74, 6) is 0.163. The molecule has 152 valence electrons. The average molecular weight is 439 g/mol. The number of aromatic nitrogens is 1. The first kappa shape index (κ1) is 20.5. The smallest absolute Gasteiger partial charge is 0.255 e. The van der Waals surface area contributed by atoms with Crippen molar-refractivity contribution in [3.8, 4) is 11.5 Å². The number of oxazole rings is 1. The lowest BCUT2D eigenvalue weighted by Gasteiger charge is -2.19. The summed E-state index contributed by atoms with van der Waals surface area (Å²) in [5, 5.41) is 3.96. The van der Waals surface area contributed by atoms with Crippen LogP contribution >= 0.6 is 23.2 Å². The summed E-state index contributed by atoms with van der Waals surface area (Å²) in [7, 11) is 0. The number of amides is 1. The third kappa shape index (κ3) is 4.20. The van der Waals surface area contributed by atoms with Gasteiger partial charge in [-0.15, -0.1) is 0 Å². The van der Waals surface area contributed by atoms with Crippen LogP contribution in [-0.4, -0.2) is 10.9 Å².